The summed E-state index contributed by atoms with van der Waals surface area (Å²) in [5, 5.41) is 40.8. The van der Waals surface area contributed by atoms with Crippen LogP contribution in [-0.4, -0.2) is 132 Å². The van der Waals surface area contributed by atoms with Gasteiger partial charge in [0.15, 0.2) is 11.9 Å². The monoisotopic (exact) mass is 1300 g/mol. The van der Waals surface area contributed by atoms with Crippen LogP contribution in [0.3, 0.4) is 0 Å². The highest BCUT2D eigenvalue weighted by Crippen LogP contribution is 2.70. The number of rotatable bonds is 12. The Hall–Kier alpha value is -4.78. The Kier molecular flexibility index (Phi) is 19.0. The molecule has 4 aromatic carbocycles. The second-order valence-electron chi connectivity index (χ2n) is 24.4. The van der Waals surface area contributed by atoms with E-state index in [4.69, 9.17) is 66.7 Å². The Balaban J connectivity index is 0.000000178. The Bertz CT molecular complexity index is 3280. The number of halogens is 11. The van der Waals surface area contributed by atoms with E-state index in [0.717, 1.165) is 6.42 Å². The third-order valence-corrected chi connectivity index (χ3v) is 20.2. The van der Waals surface area contributed by atoms with Gasteiger partial charge in [-0.3, -0.25) is 47.4 Å². The van der Waals surface area contributed by atoms with E-state index in [-0.39, 0.29) is 96.1 Å². The number of aliphatic hydroxyl groups is 1. The van der Waals surface area contributed by atoms with Crippen LogP contribution in [-0.2, 0) is 44.3 Å². The number of fused-ring (bicyclic) bond motifs is 6. The zero-order valence-corrected chi connectivity index (χ0v) is 50.0. The highest BCUT2D eigenvalue weighted by atomic mass is 35.5. The topological polar surface area (TPSA) is 239 Å². The molecular formula is C60H64Cl5F6N5O10. The molecule has 4 spiro atoms. The minimum atomic E-state index is -1.66. The summed E-state index contributed by atoms with van der Waals surface area (Å²) in [6, 6.07) is 15.8. The molecule has 8 aliphatic rings. The standard InChI is InChI=1S/C31H33Cl2F3N2O4.C23H19Cl2F3N2O3.C6H11NO3.ClH/c1-16(39)24-8-5-17(11-42-24)9-23(40)27-25(19-3-2-4-21(33)26(19)36)31(30(38-27)12-29(13-30,14-34)15-35)20-7-6-18(32)10-22(20)37-28(31)41;24-11-4-5-13-15(6-11)29-20(33)23(13)16(12-2-1-3-14(25)17(12)28)18(19(31)32)30-22(23)7-21(8-22,9-26)10-27;7-4-1-2-5(6(8)9)10-3-4;/h2-4,6-7,10,16-17,24-25,27,38-39H,5,8-9,11-15H2,1H3,(H,37,41);1-6,16,18,30H,7-10H2,(H,29,33)(H,31,32);4-5H,1-3,7H2,(H,8,9);1H/t16?,17-,24-,25-,27-,31+;16-,18+,23+;4-,5+;/m001./s1. The summed E-state index contributed by atoms with van der Waals surface area (Å²) in [7, 11) is 0. The first-order chi connectivity index (χ1) is 40.3. The van der Waals surface area contributed by atoms with E-state index in [0.29, 0.717) is 58.4 Å². The van der Waals surface area contributed by atoms with Crippen LogP contribution < -0.4 is 27.0 Å². The van der Waals surface area contributed by atoms with Crippen molar-refractivity contribution in [2.75, 3.05) is 50.5 Å². The van der Waals surface area contributed by atoms with Gasteiger partial charge in [-0.1, -0.05) is 82.8 Å². The lowest BCUT2D eigenvalue weighted by atomic mass is 9.46. The van der Waals surface area contributed by atoms with Crippen LogP contribution in [0.15, 0.2) is 72.8 Å². The number of anilines is 2. The summed E-state index contributed by atoms with van der Waals surface area (Å²) < 4.78 is 98.3. The average molecular weight is 1310 g/mol. The van der Waals surface area contributed by atoms with Crippen molar-refractivity contribution in [1.29, 1.82) is 0 Å². The second kappa shape index (κ2) is 24.9. The fraction of sp³-hybridized carbons (Fsp3) is 0.517. The lowest BCUT2D eigenvalue weighted by molar-refractivity contribution is -0.153. The quantitative estimate of drug-likeness (QED) is 0.0617. The van der Waals surface area contributed by atoms with Gasteiger partial charge in [0, 0.05) is 67.6 Å². The predicted molar refractivity (Wildman–Crippen MR) is 312 cm³/mol. The molecule has 26 heteroatoms. The molecule has 466 valence electrons. The van der Waals surface area contributed by atoms with E-state index in [9.17, 15) is 51.7 Å². The molecular weight excluding hydrogens is 1240 g/mol. The van der Waals surface area contributed by atoms with Gasteiger partial charge >= 0.3 is 11.9 Å². The molecule has 0 bridgehead atoms. The van der Waals surface area contributed by atoms with Gasteiger partial charge in [0.2, 0.25) is 11.8 Å². The molecule has 86 heavy (non-hydrogen) atoms. The van der Waals surface area contributed by atoms with Crippen LogP contribution in [0.2, 0.25) is 20.1 Å². The van der Waals surface area contributed by atoms with E-state index in [1.54, 1.807) is 43.3 Å². The van der Waals surface area contributed by atoms with Crippen LogP contribution in [0.1, 0.15) is 98.8 Å². The maximum Gasteiger partial charge on any atom is 0.332 e. The number of carbonyl (C=O) groups is 5. The average Bonchev–Trinajstić information content (AvgIpc) is 1.48. The maximum absolute atomic E-state index is 15.9. The number of carbonyl (C=O) groups excluding carboxylic acids is 3. The Morgan fingerprint density at radius 2 is 1.12 bits per heavy atom. The van der Waals surface area contributed by atoms with Crippen molar-refractivity contribution in [2.24, 2.45) is 22.5 Å². The molecule has 6 aliphatic heterocycles. The first kappa shape index (κ1) is 65.7. The summed E-state index contributed by atoms with van der Waals surface area (Å²) in [6.07, 6.45) is 0.643. The van der Waals surface area contributed by atoms with Gasteiger partial charge in [0.05, 0.1) is 68.2 Å². The highest BCUT2D eigenvalue weighted by Gasteiger charge is 2.80. The molecule has 2 amide bonds. The molecule has 15 nitrogen and oxygen atoms in total. The molecule has 2 aliphatic carbocycles. The molecule has 12 rings (SSSR count). The van der Waals surface area contributed by atoms with E-state index in [1.807, 2.05) is 0 Å². The molecule has 6 heterocycles. The Labute approximate surface area is 517 Å². The summed E-state index contributed by atoms with van der Waals surface area (Å²) in [5.74, 6) is -7.57. The zero-order chi connectivity index (χ0) is 61.3. The smallest absolute Gasteiger partial charge is 0.332 e. The summed E-state index contributed by atoms with van der Waals surface area (Å²) in [6.45, 7) is -1.50. The highest BCUT2D eigenvalue weighted by molar-refractivity contribution is 6.32. The number of aliphatic carboxylic acids is 2. The van der Waals surface area contributed by atoms with Gasteiger partial charge in [-0.2, -0.15) is 0 Å². The minimum absolute atomic E-state index is 0. The molecule has 0 aromatic heterocycles. The summed E-state index contributed by atoms with van der Waals surface area (Å²) in [4.78, 5) is 65.0. The third kappa shape index (κ3) is 10.7. The van der Waals surface area contributed by atoms with Crippen molar-refractivity contribution >= 4 is 99.7 Å². The fourth-order valence-electron chi connectivity index (χ4n) is 15.5. The Morgan fingerprint density at radius 3 is 1.51 bits per heavy atom. The number of nitrogens with one attached hydrogen (secondary N) is 4. The molecule has 6 fully saturated rings. The molecule has 9 N–H and O–H groups in total. The molecule has 2 saturated carbocycles. The number of hydrogen-bond donors (Lipinski definition) is 8. The third-order valence-electron chi connectivity index (χ3n) is 19.1. The lowest BCUT2D eigenvalue weighted by Crippen LogP contribution is -2.70. The van der Waals surface area contributed by atoms with Gasteiger partial charge in [-0.15, -0.1) is 12.4 Å². The molecule has 1 unspecified atom stereocenters. The van der Waals surface area contributed by atoms with Crippen molar-refractivity contribution in [3.05, 3.63) is 127 Å². The van der Waals surface area contributed by atoms with Crippen LogP contribution in [0.4, 0.5) is 37.7 Å². The van der Waals surface area contributed by atoms with E-state index in [2.05, 4.69) is 21.3 Å². The lowest BCUT2D eigenvalue weighted by Gasteiger charge is -2.59. The molecule has 4 saturated heterocycles. The fourth-order valence-corrected chi connectivity index (χ4v) is 16.2. The number of ketones is 1. The number of carboxylic acid groups (broad SMARTS) is 2. The first-order valence-corrected chi connectivity index (χ1v) is 29.4. The zero-order valence-electron chi connectivity index (χ0n) is 46.2. The van der Waals surface area contributed by atoms with E-state index >= 15 is 8.78 Å². The number of amides is 2. The van der Waals surface area contributed by atoms with Gasteiger partial charge < -0.3 is 41.2 Å². The van der Waals surface area contributed by atoms with Crippen LogP contribution in [0.5, 0.6) is 0 Å². The van der Waals surface area contributed by atoms with E-state index in [1.165, 1.54) is 36.4 Å². The number of Topliss-reactive ketones (excluding diaryl/α,β-unsaturated/α-hetero) is 1. The largest absolute Gasteiger partial charge is 0.480 e. The minimum Gasteiger partial charge on any atom is -0.480 e. The van der Waals surface area contributed by atoms with Crippen molar-refractivity contribution < 1.29 is 75.1 Å². The number of nitrogens with two attached hydrogens (primary N) is 1. The number of aliphatic hydroxyl groups excluding tert-OH is 1. The van der Waals surface area contributed by atoms with E-state index < -0.39 is 131 Å². The maximum atomic E-state index is 15.9. The van der Waals surface area contributed by atoms with Gasteiger partial charge in [0.25, 0.3) is 0 Å². The Morgan fingerprint density at radius 1 is 0.651 bits per heavy atom. The number of alkyl halides is 4. The van der Waals surface area contributed by atoms with Gasteiger partial charge in [-0.05, 0) is 123 Å². The van der Waals surface area contributed by atoms with Gasteiger partial charge in [0.1, 0.15) is 28.5 Å². The number of carboxylic acids is 2. The van der Waals surface area contributed by atoms with Crippen LogP contribution in [0.25, 0.3) is 0 Å². The first-order valence-electron chi connectivity index (χ1n) is 27.9. The molecule has 4 aromatic rings. The SMILES string of the molecule is CC(O)[C@@H]1CC[C@@H](CC(=O)[C@@H]2NC3(CC(CF)(CF)C3)[C@@]3(C(=O)Nc4cc(Cl)ccc43)[C@H]2c2cccc(Cl)c2F)CO1.Cl.N[C@@H]1CC[C@@H](C(=O)O)OC1.O=C(O)[C@@H]1NC2(CC(CF)(CF)C2)[C@@]2(C(=O)Nc3cc(Cl)ccc32)[C@H]1c1cccc(Cl)c1F. The van der Waals surface area contributed by atoms with Crippen molar-refractivity contribution in [1.82, 2.24) is 10.6 Å². The van der Waals surface area contributed by atoms with Gasteiger partial charge in [-0.25, -0.2) is 13.6 Å². The van der Waals surface area contributed by atoms with Crippen LogP contribution in [0, 0.1) is 28.4 Å². The number of hydrogen-bond acceptors (Lipinski definition) is 11. The van der Waals surface area contributed by atoms with Crippen molar-refractivity contribution in [2.45, 2.75) is 135 Å². The van der Waals surface area contributed by atoms with Crippen molar-refractivity contribution in [3.63, 3.8) is 0 Å². The molecule has 11 atom stereocenters. The summed E-state index contributed by atoms with van der Waals surface area (Å²) in [5.41, 5.74) is -1.30. The van der Waals surface area contributed by atoms with Crippen molar-refractivity contribution in [3.8, 4) is 0 Å². The number of benzene rings is 4. The van der Waals surface area contributed by atoms with Crippen LogP contribution >= 0.6 is 58.8 Å². The number of ether oxygens (including phenoxy) is 2. The normalized spacial score (nSPS) is 30.3. The second-order valence-corrected chi connectivity index (χ2v) is 26.0. The predicted octanol–water partition coefficient (Wildman–Crippen LogP) is 10.3. The molecule has 0 radical (unpaired) electrons. The summed E-state index contributed by atoms with van der Waals surface area (Å²) >= 11 is 24.6.